The molecule has 0 aromatic rings. The van der Waals surface area contributed by atoms with Gasteiger partial charge in [-0.2, -0.15) is 11.8 Å². The highest BCUT2D eigenvalue weighted by Gasteiger charge is 2.46. The molecule has 0 aromatic carbocycles. The smallest absolute Gasteiger partial charge is 0.0455 e. The first-order chi connectivity index (χ1) is 8.06. The third-order valence-corrected chi connectivity index (χ3v) is 6.85. The van der Waals surface area contributed by atoms with Gasteiger partial charge in [-0.15, -0.1) is 0 Å². The average molecular weight is 256 g/mol. The largest absolute Gasteiger partial charge is 0.329 e. The number of likely N-dealkylation sites (tertiary alicyclic amines) is 1. The van der Waals surface area contributed by atoms with Crippen molar-refractivity contribution in [2.24, 2.45) is 11.1 Å². The van der Waals surface area contributed by atoms with Crippen molar-refractivity contribution in [2.75, 3.05) is 25.4 Å². The zero-order chi connectivity index (χ0) is 12.5. The number of rotatable bonds is 3. The molecule has 0 bridgehead atoms. The van der Waals surface area contributed by atoms with Gasteiger partial charge < -0.3 is 5.73 Å². The maximum atomic E-state index is 6.14. The Hall–Kier alpha value is 0.270. The minimum atomic E-state index is 0.305. The maximum Gasteiger partial charge on any atom is 0.0455 e. The number of nitrogens with zero attached hydrogens (tertiary/aromatic N) is 1. The van der Waals surface area contributed by atoms with E-state index < -0.39 is 0 Å². The molecule has 2 aliphatic rings. The summed E-state index contributed by atoms with van der Waals surface area (Å²) in [5.41, 5.74) is 7.03. The van der Waals surface area contributed by atoms with E-state index in [1.807, 2.05) is 0 Å². The van der Waals surface area contributed by atoms with Gasteiger partial charge in [-0.3, -0.25) is 4.90 Å². The van der Waals surface area contributed by atoms with Crippen molar-refractivity contribution < 1.29 is 0 Å². The van der Waals surface area contributed by atoms with Crippen LogP contribution in [0.15, 0.2) is 0 Å². The van der Waals surface area contributed by atoms with Gasteiger partial charge in [0.25, 0.3) is 0 Å². The molecule has 100 valence electrons. The van der Waals surface area contributed by atoms with Crippen molar-refractivity contribution in [3.8, 4) is 0 Å². The van der Waals surface area contributed by atoms with Crippen molar-refractivity contribution in [1.29, 1.82) is 0 Å². The van der Waals surface area contributed by atoms with E-state index in [-0.39, 0.29) is 0 Å². The predicted octanol–water partition coefficient (Wildman–Crippen LogP) is 2.72. The van der Waals surface area contributed by atoms with E-state index in [0.29, 0.717) is 16.2 Å². The quantitative estimate of drug-likeness (QED) is 0.842. The second-order valence-corrected chi connectivity index (χ2v) is 7.67. The molecule has 3 heteroatoms. The Labute approximate surface area is 111 Å². The SMILES string of the molecule is CCC1(C)CCN(C2(CN)CCSC2C)CC1. The van der Waals surface area contributed by atoms with E-state index in [1.165, 1.54) is 44.5 Å². The van der Waals surface area contributed by atoms with E-state index in [4.69, 9.17) is 5.73 Å². The molecule has 2 atom stereocenters. The molecule has 2 unspecified atom stereocenters. The van der Waals surface area contributed by atoms with E-state index in [2.05, 4.69) is 37.4 Å². The summed E-state index contributed by atoms with van der Waals surface area (Å²) in [6.07, 6.45) is 5.31. The summed E-state index contributed by atoms with van der Waals surface area (Å²) in [7, 11) is 0. The highest BCUT2D eigenvalue weighted by Crippen LogP contribution is 2.43. The molecule has 0 saturated carbocycles. The monoisotopic (exact) mass is 256 g/mol. The highest BCUT2D eigenvalue weighted by atomic mass is 32.2. The molecule has 2 N–H and O–H groups in total. The summed E-state index contributed by atoms with van der Waals surface area (Å²) in [6, 6.07) is 0. The van der Waals surface area contributed by atoms with E-state index in [9.17, 15) is 0 Å². The van der Waals surface area contributed by atoms with E-state index in [1.54, 1.807) is 0 Å². The summed E-state index contributed by atoms with van der Waals surface area (Å²) in [5, 5.41) is 0.707. The molecule has 0 aliphatic carbocycles. The van der Waals surface area contributed by atoms with Crippen molar-refractivity contribution in [3.05, 3.63) is 0 Å². The van der Waals surface area contributed by atoms with Crippen LogP contribution in [0.1, 0.15) is 46.5 Å². The van der Waals surface area contributed by atoms with E-state index in [0.717, 1.165) is 6.54 Å². The topological polar surface area (TPSA) is 29.3 Å². The summed E-state index contributed by atoms with van der Waals surface area (Å²) < 4.78 is 0. The van der Waals surface area contributed by atoms with Crippen LogP contribution < -0.4 is 5.73 Å². The van der Waals surface area contributed by atoms with E-state index >= 15 is 0 Å². The molecule has 17 heavy (non-hydrogen) atoms. The predicted molar refractivity (Wildman–Crippen MR) is 77.5 cm³/mol. The Morgan fingerprint density at radius 1 is 1.29 bits per heavy atom. The van der Waals surface area contributed by atoms with Crippen molar-refractivity contribution in [2.45, 2.75) is 57.2 Å². The molecule has 0 aromatic heterocycles. The standard InChI is InChI=1S/C14H28N2S/c1-4-13(3)5-8-16(9-6-13)14(11-15)7-10-17-12(14)2/h12H,4-11,15H2,1-3H3. The number of hydrogen-bond acceptors (Lipinski definition) is 3. The highest BCUT2D eigenvalue weighted by molar-refractivity contribution is 8.00. The molecule has 0 radical (unpaired) electrons. The lowest BCUT2D eigenvalue weighted by molar-refractivity contribution is 0.0273. The zero-order valence-electron chi connectivity index (χ0n) is 11.7. The second kappa shape index (κ2) is 5.10. The number of piperidine rings is 1. The summed E-state index contributed by atoms with van der Waals surface area (Å²) in [4.78, 5) is 2.72. The van der Waals surface area contributed by atoms with Crippen LogP contribution in [0.5, 0.6) is 0 Å². The van der Waals surface area contributed by atoms with Gasteiger partial charge in [-0.1, -0.05) is 27.2 Å². The molecule has 2 nitrogen and oxygen atoms in total. The van der Waals surface area contributed by atoms with Crippen LogP contribution >= 0.6 is 11.8 Å². The van der Waals surface area contributed by atoms with Crippen molar-refractivity contribution in [1.82, 2.24) is 4.90 Å². The van der Waals surface area contributed by atoms with Gasteiger partial charge in [0, 0.05) is 17.3 Å². The maximum absolute atomic E-state index is 6.14. The Morgan fingerprint density at radius 3 is 2.35 bits per heavy atom. The molecule has 0 spiro atoms. The first-order valence-electron chi connectivity index (χ1n) is 7.13. The van der Waals surface area contributed by atoms with Crippen LogP contribution in [-0.4, -0.2) is 41.1 Å². The summed E-state index contributed by atoms with van der Waals surface area (Å²) in [6.45, 7) is 10.5. The minimum Gasteiger partial charge on any atom is -0.329 e. The molecular formula is C14H28N2S. The third-order valence-electron chi connectivity index (χ3n) is 5.47. The van der Waals surface area contributed by atoms with Gasteiger partial charge in [-0.25, -0.2) is 0 Å². The lowest BCUT2D eigenvalue weighted by Gasteiger charge is -2.49. The van der Waals surface area contributed by atoms with Gasteiger partial charge in [0.2, 0.25) is 0 Å². The fourth-order valence-electron chi connectivity index (χ4n) is 3.43. The Morgan fingerprint density at radius 2 is 1.94 bits per heavy atom. The number of hydrogen-bond donors (Lipinski definition) is 1. The zero-order valence-corrected chi connectivity index (χ0v) is 12.5. The molecule has 2 fully saturated rings. The van der Waals surface area contributed by atoms with Gasteiger partial charge in [-0.05, 0) is 43.5 Å². The molecule has 2 heterocycles. The first-order valence-corrected chi connectivity index (χ1v) is 8.18. The number of thioether (sulfide) groups is 1. The van der Waals surface area contributed by atoms with Gasteiger partial charge in [0.15, 0.2) is 0 Å². The van der Waals surface area contributed by atoms with Crippen molar-refractivity contribution in [3.63, 3.8) is 0 Å². The Kier molecular flexibility index (Phi) is 4.11. The fourth-order valence-corrected chi connectivity index (χ4v) is 4.93. The molecule has 2 saturated heterocycles. The number of nitrogens with two attached hydrogens (primary N) is 1. The fraction of sp³-hybridized carbons (Fsp3) is 1.00. The Balaban J connectivity index is 2.04. The first kappa shape index (κ1) is 13.7. The Bertz CT molecular complexity index is 261. The van der Waals surface area contributed by atoms with Crippen LogP contribution in [0.2, 0.25) is 0 Å². The van der Waals surface area contributed by atoms with Crippen LogP contribution in [0, 0.1) is 5.41 Å². The molecule has 2 rings (SSSR count). The normalized spacial score (nSPS) is 38.5. The third kappa shape index (κ3) is 2.39. The van der Waals surface area contributed by atoms with Crippen LogP contribution in [0.3, 0.4) is 0 Å². The summed E-state index contributed by atoms with van der Waals surface area (Å²) >= 11 is 2.11. The second-order valence-electron chi connectivity index (χ2n) is 6.22. The van der Waals surface area contributed by atoms with Crippen LogP contribution in [0.25, 0.3) is 0 Å². The summed E-state index contributed by atoms with van der Waals surface area (Å²) in [5.74, 6) is 1.29. The average Bonchev–Trinajstić information content (AvgIpc) is 2.73. The lowest BCUT2D eigenvalue weighted by atomic mass is 9.76. The lowest BCUT2D eigenvalue weighted by Crippen LogP contribution is -2.60. The van der Waals surface area contributed by atoms with Crippen molar-refractivity contribution >= 4 is 11.8 Å². The van der Waals surface area contributed by atoms with Crippen LogP contribution in [0.4, 0.5) is 0 Å². The molecular weight excluding hydrogens is 228 g/mol. The minimum absolute atomic E-state index is 0.305. The molecule has 0 amide bonds. The van der Waals surface area contributed by atoms with Gasteiger partial charge >= 0.3 is 0 Å². The molecule has 2 aliphatic heterocycles. The van der Waals surface area contributed by atoms with Gasteiger partial charge in [0.05, 0.1) is 0 Å². The van der Waals surface area contributed by atoms with Gasteiger partial charge in [0.1, 0.15) is 0 Å². The van der Waals surface area contributed by atoms with Crippen LogP contribution in [-0.2, 0) is 0 Å².